The molecule has 0 saturated carbocycles. The number of carbonyl (C=O) groups is 3. The average Bonchev–Trinajstić information content (AvgIpc) is 3.72. The number of methoxy groups -OCH3 is 2. The molecule has 6 heterocycles. The van der Waals surface area contributed by atoms with Crippen LogP contribution in [0.1, 0.15) is 56.5 Å². The van der Waals surface area contributed by atoms with Crippen LogP contribution in [0.15, 0.2) is 65.7 Å². The molecule has 2 aromatic heterocycles. The SMILES string of the molecule is C.C.COC(=O)C(CN1CCN(C2=Nc3ccccc3Nc3sc(C)cc32)CC1)NC(=O)OC(C)(C)C.COC(=O)C([NH3+])C[NH+]1CC[N+](=C2Nc3ccccc3Nc3sc(C)cc32)CC1.Cl.[Cl-].[Cl-].[Cl-]. The number of amidine groups is 2. The molecule has 384 valence electrons. The zero-order valence-corrected chi connectivity index (χ0v) is 43.5. The number of quaternary nitrogens is 2. The number of nitrogens with one attached hydrogen (secondary N) is 5. The third kappa shape index (κ3) is 16.1. The van der Waals surface area contributed by atoms with Gasteiger partial charge in [-0.15, -0.1) is 35.1 Å². The van der Waals surface area contributed by atoms with Gasteiger partial charge in [0.1, 0.15) is 65.9 Å². The molecule has 2 saturated heterocycles. The monoisotopic (exact) mass is 1070 g/mol. The summed E-state index contributed by atoms with van der Waals surface area (Å²) in [5.41, 5.74) is 9.74. The average molecular weight is 1080 g/mol. The number of nitrogens with zero attached hydrogens (tertiary/aromatic N) is 4. The molecule has 2 atom stereocenters. The Morgan fingerprint density at radius 1 is 0.812 bits per heavy atom. The fourth-order valence-electron chi connectivity index (χ4n) is 8.06. The lowest BCUT2D eigenvalue weighted by molar-refractivity contribution is -0.938. The van der Waals surface area contributed by atoms with Gasteiger partial charge in [-0.05, 0) is 71.0 Å². The standard InChI is InChI=1S/C25H33N5O4S.C20H25N5O2S.2CH4.4ClH/c1-16-14-17-21(26-18-8-6-7-9-19(18)27-22(17)35-16)30-12-10-29(11-13-30)15-20(23(31)33-5)28-24(32)34-25(2,3)4;1-13-11-14-18(22-16-5-3-4-6-17(16)23-19(14)28-13)25-9-7-24(8-10-25)12-15(21)20(26)27-2;;;;;;/h6-9,14,20,27H,10-13,15H2,1-5H3,(H,28,32);3-6,11,15H,7-10,12,21H2,1-2H3,(H,22,23);2*1H4;4*1H. The van der Waals surface area contributed by atoms with Crippen LogP contribution >= 0.6 is 35.1 Å². The van der Waals surface area contributed by atoms with Crippen LogP contribution in [0.25, 0.3) is 0 Å². The fourth-order valence-corrected chi connectivity index (χ4v) is 9.90. The highest BCUT2D eigenvalue weighted by Crippen LogP contribution is 2.40. The highest BCUT2D eigenvalue weighted by molar-refractivity contribution is 7.17. The van der Waals surface area contributed by atoms with Gasteiger partial charge in [-0.2, -0.15) is 0 Å². The summed E-state index contributed by atoms with van der Waals surface area (Å²) in [6, 6.07) is 19.7. The van der Waals surface area contributed by atoms with Crippen molar-refractivity contribution in [3.05, 3.63) is 81.5 Å². The Morgan fingerprint density at radius 3 is 1.91 bits per heavy atom. The van der Waals surface area contributed by atoms with Crippen LogP contribution in [0.3, 0.4) is 0 Å². The number of piperazine rings is 2. The first kappa shape index (κ1) is 62.6. The Labute approximate surface area is 440 Å². The van der Waals surface area contributed by atoms with Crippen LogP contribution in [0.2, 0.25) is 0 Å². The molecular weight excluding hydrogens is 1010 g/mol. The summed E-state index contributed by atoms with van der Waals surface area (Å²) >= 11 is 3.51. The zero-order valence-electron chi connectivity index (χ0n) is 38.8. The molecule has 8 rings (SSSR count). The number of aliphatic imine (C=N–C) groups is 1. The van der Waals surface area contributed by atoms with Crippen molar-refractivity contribution in [1.82, 2.24) is 15.1 Å². The molecule has 0 radical (unpaired) electrons. The van der Waals surface area contributed by atoms with Crippen molar-refractivity contribution < 1.29 is 81.0 Å². The number of amides is 1. The lowest BCUT2D eigenvalue weighted by Gasteiger charge is -2.37. The first-order valence-electron chi connectivity index (χ1n) is 21.4. The van der Waals surface area contributed by atoms with E-state index in [9.17, 15) is 14.4 Å². The third-order valence-electron chi connectivity index (χ3n) is 11.2. The van der Waals surface area contributed by atoms with Crippen LogP contribution in [0, 0.1) is 13.8 Å². The second-order valence-corrected chi connectivity index (χ2v) is 19.6. The maximum Gasteiger partial charge on any atom is 0.408 e. The predicted octanol–water partition coefficient (Wildman–Crippen LogP) is -3.75. The van der Waals surface area contributed by atoms with Gasteiger partial charge in [-0.1, -0.05) is 39.1 Å². The lowest BCUT2D eigenvalue weighted by Crippen LogP contribution is -3.17. The second kappa shape index (κ2) is 27.9. The van der Waals surface area contributed by atoms with E-state index in [-0.39, 0.29) is 76.5 Å². The number of para-hydroxylation sites is 4. The van der Waals surface area contributed by atoms with Gasteiger partial charge in [-0.25, -0.2) is 29.3 Å². The molecule has 22 heteroatoms. The molecule has 2 unspecified atom stereocenters. The van der Waals surface area contributed by atoms with Gasteiger partial charge < -0.3 is 82.9 Å². The molecule has 0 spiro atoms. The van der Waals surface area contributed by atoms with E-state index in [0.29, 0.717) is 6.54 Å². The van der Waals surface area contributed by atoms with E-state index in [2.05, 4.69) is 91.6 Å². The minimum atomic E-state index is -0.807. The number of aryl methyl sites for hydroxylation is 2. The number of rotatable bonds is 7. The number of carbonyl (C=O) groups excluding carboxylic acids is 3. The maximum atomic E-state index is 12.3. The van der Waals surface area contributed by atoms with Gasteiger partial charge in [0.15, 0.2) is 0 Å². The summed E-state index contributed by atoms with van der Waals surface area (Å²) in [4.78, 5) is 49.7. The van der Waals surface area contributed by atoms with Crippen LogP contribution in [0.5, 0.6) is 0 Å². The Kier molecular flexibility index (Phi) is 25.3. The molecule has 8 N–H and O–H groups in total. The summed E-state index contributed by atoms with van der Waals surface area (Å²) in [5.74, 6) is 1.40. The number of benzene rings is 2. The van der Waals surface area contributed by atoms with Crippen LogP contribution in [-0.2, 0) is 23.8 Å². The molecular formula is C47H70Cl4N10O6S2. The third-order valence-corrected chi connectivity index (χ3v) is 13.1. The molecule has 0 bridgehead atoms. The smallest absolute Gasteiger partial charge is 0.408 e. The summed E-state index contributed by atoms with van der Waals surface area (Å²) in [6.45, 7) is 17.4. The lowest BCUT2D eigenvalue weighted by atomic mass is 10.2. The van der Waals surface area contributed by atoms with E-state index in [4.69, 9.17) is 19.2 Å². The quantitative estimate of drug-likeness (QED) is 0.0609. The van der Waals surface area contributed by atoms with Gasteiger partial charge in [0.2, 0.25) is 6.04 Å². The van der Waals surface area contributed by atoms with Crippen molar-refractivity contribution in [1.29, 1.82) is 0 Å². The minimum Gasteiger partial charge on any atom is -1.00 e. The summed E-state index contributed by atoms with van der Waals surface area (Å²) in [6.07, 6.45) is -0.633. The number of fused-ring (bicyclic) bond motifs is 4. The summed E-state index contributed by atoms with van der Waals surface area (Å²) in [7, 11) is 2.75. The van der Waals surface area contributed by atoms with E-state index >= 15 is 0 Å². The number of anilines is 5. The number of ether oxygens (including phenoxy) is 3. The van der Waals surface area contributed by atoms with E-state index in [1.165, 1.54) is 39.4 Å². The normalized spacial score (nSPS) is 16.4. The zero-order chi connectivity index (χ0) is 44.8. The van der Waals surface area contributed by atoms with Gasteiger partial charge in [0, 0.05) is 42.5 Å². The van der Waals surface area contributed by atoms with Crippen molar-refractivity contribution in [2.45, 2.75) is 67.2 Å². The molecule has 16 nitrogen and oxygen atoms in total. The van der Waals surface area contributed by atoms with Gasteiger partial charge >= 0.3 is 18.0 Å². The van der Waals surface area contributed by atoms with Gasteiger partial charge in [0.05, 0.1) is 42.4 Å². The topological polar surface area (TPSA) is 181 Å². The second-order valence-electron chi connectivity index (χ2n) is 17.1. The largest absolute Gasteiger partial charge is 1.00 e. The Balaban J connectivity index is 0.000000646. The maximum absolute atomic E-state index is 12.3. The number of alkyl carbamates (subject to hydrolysis) is 1. The number of thiophene rings is 2. The van der Waals surface area contributed by atoms with Gasteiger partial charge in [0.25, 0.3) is 5.84 Å². The van der Waals surface area contributed by atoms with E-state index in [1.54, 1.807) is 43.4 Å². The number of hydrogen-bond acceptors (Lipinski definition) is 13. The predicted molar refractivity (Wildman–Crippen MR) is 270 cm³/mol. The molecule has 0 aliphatic carbocycles. The molecule has 4 aliphatic heterocycles. The molecule has 4 aliphatic rings. The van der Waals surface area contributed by atoms with Crippen molar-refractivity contribution in [3.8, 4) is 0 Å². The van der Waals surface area contributed by atoms with E-state index in [1.807, 2.05) is 24.3 Å². The van der Waals surface area contributed by atoms with Crippen molar-refractivity contribution >= 4 is 97.5 Å². The molecule has 1 amide bonds. The summed E-state index contributed by atoms with van der Waals surface area (Å²) in [5, 5.41) is 15.7. The minimum absolute atomic E-state index is 0. The highest BCUT2D eigenvalue weighted by Gasteiger charge is 2.34. The fraction of sp³-hybridized carbons (Fsp3) is 0.468. The Morgan fingerprint density at radius 2 is 1.33 bits per heavy atom. The van der Waals surface area contributed by atoms with E-state index < -0.39 is 23.7 Å². The number of esters is 2. The molecule has 4 aromatic rings. The Hall–Kier alpha value is -4.37. The first-order chi connectivity index (χ1) is 30.2. The summed E-state index contributed by atoms with van der Waals surface area (Å²) < 4.78 is 17.5. The van der Waals surface area contributed by atoms with Crippen LogP contribution in [-0.4, -0.2) is 141 Å². The Bertz CT molecular complexity index is 2380. The molecule has 2 aromatic carbocycles. The molecule has 69 heavy (non-hydrogen) atoms. The highest BCUT2D eigenvalue weighted by atomic mass is 35.5. The van der Waals surface area contributed by atoms with Crippen molar-refractivity contribution in [2.24, 2.45) is 4.99 Å². The van der Waals surface area contributed by atoms with E-state index in [0.717, 1.165) is 104 Å². The van der Waals surface area contributed by atoms with Crippen molar-refractivity contribution in [2.75, 3.05) is 95.6 Å². The van der Waals surface area contributed by atoms with Crippen LogP contribution in [0.4, 0.5) is 37.5 Å². The number of hydrogen-bond donors (Lipinski definition) is 6. The van der Waals surface area contributed by atoms with Gasteiger partial charge in [-0.3, -0.25) is 4.90 Å². The number of halogens is 4. The van der Waals surface area contributed by atoms with Crippen LogP contribution < -0.4 is 69.1 Å². The van der Waals surface area contributed by atoms with Crippen molar-refractivity contribution in [3.63, 3.8) is 0 Å². The first-order valence-corrected chi connectivity index (χ1v) is 23.0. The molecule has 2 fully saturated rings.